The maximum atomic E-state index is 13.4. The number of nitrogens with zero attached hydrogens (tertiary/aromatic N) is 6. The smallest absolute Gasteiger partial charge is 0.325 e. The van der Waals surface area contributed by atoms with Crippen molar-refractivity contribution in [3.05, 3.63) is 41.1 Å². The number of morpholine rings is 1. The van der Waals surface area contributed by atoms with Gasteiger partial charge < -0.3 is 14.2 Å². The van der Waals surface area contributed by atoms with Crippen molar-refractivity contribution in [2.75, 3.05) is 31.2 Å². The van der Waals surface area contributed by atoms with Crippen LogP contribution in [0.25, 0.3) is 17.3 Å². The molecular weight excluding hydrogens is 408 g/mol. The van der Waals surface area contributed by atoms with E-state index in [0.29, 0.717) is 55.4 Å². The molecule has 0 spiro atoms. The minimum atomic E-state index is -0.0792. The van der Waals surface area contributed by atoms with Crippen molar-refractivity contribution in [2.45, 2.75) is 25.3 Å². The van der Waals surface area contributed by atoms with Crippen LogP contribution in [0.1, 0.15) is 30.3 Å². The number of aromatic nitrogens is 4. The van der Waals surface area contributed by atoms with Gasteiger partial charge in [0.25, 0.3) is 5.89 Å². The predicted molar refractivity (Wildman–Crippen MR) is 108 cm³/mol. The van der Waals surface area contributed by atoms with E-state index in [4.69, 9.17) is 20.9 Å². The molecule has 154 valence electrons. The van der Waals surface area contributed by atoms with E-state index < -0.39 is 0 Å². The van der Waals surface area contributed by atoms with Gasteiger partial charge in [-0.25, -0.2) is 9.78 Å². The van der Waals surface area contributed by atoms with E-state index in [-0.39, 0.29) is 6.03 Å². The SMILES string of the molecule is O=C(N1CCOCC1)N1Cc2c(-c3nc(C4CC4)no3)ncn2-c2ccc(Cl)cc21. The summed E-state index contributed by atoms with van der Waals surface area (Å²) in [6, 6.07) is 5.44. The van der Waals surface area contributed by atoms with Gasteiger partial charge in [0, 0.05) is 24.0 Å². The van der Waals surface area contributed by atoms with E-state index in [1.54, 1.807) is 16.1 Å². The number of amides is 2. The number of halogens is 1. The number of urea groups is 1. The number of rotatable bonds is 2. The second kappa shape index (κ2) is 6.82. The maximum Gasteiger partial charge on any atom is 0.325 e. The second-order valence-corrected chi connectivity index (χ2v) is 8.18. The molecule has 1 saturated carbocycles. The van der Waals surface area contributed by atoms with Crippen LogP contribution in [0.4, 0.5) is 10.5 Å². The Bertz CT molecular complexity index is 1130. The lowest BCUT2D eigenvalue weighted by Crippen LogP contribution is -2.49. The first-order valence-corrected chi connectivity index (χ1v) is 10.4. The van der Waals surface area contributed by atoms with Crippen molar-refractivity contribution in [1.29, 1.82) is 0 Å². The number of imidazole rings is 1. The van der Waals surface area contributed by atoms with Crippen LogP contribution in [0, 0.1) is 0 Å². The van der Waals surface area contributed by atoms with Gasteiger partial charge in [0.1, 0.15) is 6.33 Å². The molecule has 10 heteroatoms. The molecule has 0 N–H and O–H groups in total. The van der Waals surface area contributed by atoms with Crippen molar-refractivity contribution in [3.8, 4) is 17.3 Å². The number of ether oxygens (including phenoxy) is 1. The Morgan fingerprint density at radius 3 is 2.80 bits per heavy atom. The number of benzene rings is 1. The van der Waals surface area contributed by atoms with Gasteiger partial charge in [0.15, 0.2) is 11.5 Å². The summed E-state index contributed by atoms with van der Waals surface area (Å²) in [5, 5.41) is 4.68. The molecule has 2 fully saturated rings. The molecule has 2 aliphatic heterocycles. The molecule has 30 heavy (non-hydrogen) atoms. The molecule has 0 bridgehead atoms. The number of anilines is 1. The number of hydrogen-bond donors (Lipinski definition) is 0. The quantitative estimate of drug-likeness (QED) is 0.625. The fourth-order valence-corrected chi connectivity index (χ4v) is 4.16. The van der Waals surface area contributed by atoms with Gasteiger partial charge in [-0.1, -0.05) is 16.8 Å². The zero-order valence-corrected chi connectivity index (χ0v) is 16.9. The molecule has 2 aromatic heterocycles. The Balaban J connectivity index is 1.42. The van der Waals surface area contributed by atoms with E-state index in [1.807, 2.05) is 22.8 Å². The summed E-state index contributed by atoms with van der Waals surface area (Å²) in [7, 11) is 0. The Morgan fingerprint density at radius 1 is 1.17 bits per heavy atom. The van der Waals surface area contributed by atoms with Crippen LogP contribution in [-0.4, -0.2) is 56.9 Å². The highest BCUT2D eigenvalue weighted by molar-refractivity contribution is 6.31. The molecule has 4 heterocycles. The predicted octanol–water partition coefficient (Wildman–Crippen LogP) is 3.23. The van der Waals surface area contributed by atoms with Crippen LogP contribution in [0.3, 0.4) is 0 Å². The number of fused-ring (bicyclic) bond motifs is 3. The molecule has 3 aromatic rings. The third-order valence-electron chi connectivity index (χ3n) is 5.76. The lowest BCUT2D eigenvalue weighted by Gasteiger charge is -2.36. The molecule has 0 unspecified atom stereocenters. The van der Waals surface area contributed by atoms with Gasteiger partial charge in [-0.05, 0) is 31.0 Å². The Morgan fingerprint density at radius 2 is 2.00 bits per heavy atom. The minimum absolute atomic E-state index is 0.0792. The largest absolute Gasteiger partial charge is 0.378 e. The summed E-state index contributed by atoms with van der Waals surface area (Å²) >= 11 is 6.27. The lowest BCUT2D eigenvalue weighted by atomic mass is 10.1. The normalized spacial score (nSPS) is 18.3. The highest BCUT2D eigenvalue weighted by Gasteiger charge is 2.35. The average molecular weight is 427 g/mol. The van der Waals surface area contributed by atoms with Crippen LogP contribution in [0.2, 0.25) is 5.02 Å². The lowest BCUT2D eigenvalue weighted by molar-refractivity contribution is 0.0547. The molecule has 3 aliphatic rings. The maximum absolute atomic E-state index is 13.4. The van der Waals surface area contributed by atoms with E-state index in [2.05, 4.69) is 15.1 Å². The van der Waals surface area contributed by atoms with Crippen molar-refractivity contribution in [1.82, 2.24) is 24.6 Å². The molecule has 2 amide bonds. The summed E-state index contributed by atoms with van der Waals surface area (Å²) in [4.78, 5) is 26.0. The third kappa shape index (κ3) is 2.88. The van der Waals surface area contributed by atoms with Crippen molar-refractivity contribution >= 4 is 23.3 Å². The first-order chi connectivity index (χ1) is 14.7. The molecule has 1 aromatic carbocycles. The zero-order chi connectivity index (χ0) is 20.2. The fraction of sp³-hybridized carbons (Fsp3) is 0.400. The number of carbonyl (C=O) groups excluding carboxylic acids is 1. The summed E-state index contributed by atoms with van der Waals surface area (Å²) in [5.74, 6) is 1.51. The van der Waals surface area contributed by atoms with Crippen LogP contribution >= 0.6 is 11.6 Å². The number of hydrogen-bond acceptors (Lipinski definition) is 6. The molecule has 0 radical (unpaired) electrons. The molecule has 1 aliphatic carbocycles. The van der Waals surface area contributed by atoms with Crippen molar-refractivity contribution in [3.63, 3.8) is 0 Å². The van der Waals surface area contributed by atoms with Gasteiger partial charge in [0.05, 0.1) is 36.8 Å². The molecule has 0 atom stereocenters. The van der Waals surface area contributed by atoms with Crippen molar-refractivity contribution in [2.24, 2.45) is 0 Å². The van der Waals surface area contributed by atoms with Gasteiger partial charge in [-0.15, -0.1) is 0 Å². The van der Waals surface area contributed by atoms with Gasteiger partial charge in [-0.3, -0.25) is 9.47 Å². The summed E-state index contributed by atoms with van der Waals surface area (Å²) in [6.45, 7) is 2.53. The average Bonchev–Trinajstić information content (AvgIpc) is 3.35. The number of carbonyl (C=O) groups is 1. The van der Waals surface area contributed by atoms with Crippen molar-refractivity contribution < 1.29 is 14.1 Å². The van der Waals surface area contributed by atoms with Crippen LogP contribution < -0.4 is 4.90 Å². The standard InChI is InChI=1S/C20H19ClN6O3/c21-13-3-4-14-15(9-13)26(20(28)25-5-7-29-8-6-25)10-16-17(22-11-27(14)16)19-23-18(24-30-19)12-1-2-12/h3-4,9,11-12H,1-2,5-8,10H2. The van der Waals surface area contributed by atoms with E-state index in [9.17, 15) is 4.79 Å². The van der Waals surface area contributed by atoms with Gasteiger partial charge in [0.2, 0.25) is 0 Å². The molecule has 9 nitrogen and oxygen atoms in total. The summed E-state index contributed by atoms with van der Waals surface area (Å²) < 4.78 is 12.9. The monoisotopic (exact) mass is 426 g/mol. The second-order valence-electron chi connectivity index (χ2n) is 7.74. The Hall–Kier alpha value is -2.91. The van der Waals surface area contributed by atoms with E-state index in [0.717, 1.165) is 35.7 Å². The highest BCUT2D eigenvalue weighted by Crippen LogP contribution is 2.40. The fourth-order valence-electron chi connectivity index (χ4n) is 4.00. The van der Waals surface area contributed by atoms with Gasteiger partial charge in [-0.2, -0.15) is 4.98 Å². The zero-order valence-electron chi connectivity index (χ0n) is 16.1. The Labute approximate surface area is 177 Å². The topological polar surface area (TPSA) is 89.5 Å². The third-order valence-corrected chi connectivity index (χ3v) is 6.00. The minimum Gasteiger partial charge on any atom is -0.378 e. The summed E-state index contributed by atoms with van der Waals surface area (Å²) in [5.41, 5.74) is 3.02. The first kappa shape index (κ1) is 17.9. The summed E-state index contributed by atoms with van der Waals surface area (Å²) in [6.07, 6.45) is 3.92. The van der Waals surface area contributed by atoms with Crippen LogP contribution in [0.15, 0.2) is 29.0 Å². The molecule has 1 saturated heterocycles. The highest BCUT2D eigenvalue weighted by atomic mass is 35.5. The van der Waals surface area contributed by atoms with E-state index >= 15 is 0 Å². The first-order valence-electron chi connectivity index (χ1n) is 10.0. The van der Waals surface area contributed by atoms with Gasteiger partial charge >= 0.3 is 6.03 Å². The van der Waals surface area contributed by atoms with E-state index in [1.165, 1.54) is 0 Å². The molecular formula is C20H19ClN6O3. The molecule has 6 rings (SSSR count). The van der Waals surface area contributed by atoms with Crippen LogP contribution in [0.5, 0.6) is 0 Å². The Kier molecular flexibility index (Phi) is 4.07. The van der Waals surface area contributed by atoms with Crippen LogP contribution in [-0.2, 0) is 11.3 Å².